The molecule has 4 heterocycles. The summed E-state index contributed by atoms with van der Waals surface area (Å²) in [5, 5.41) is 4.54. The lowest BCUT2D eigenvalue weighted by molar-refractivity contribution is 0.187. The van der Waals surface area contributed by atoms with Gasteiger partial charge in [-0.05, 0) is 37.3 Å². The van der Waals surface area contributed by atoms with Crippen LogP contribution in [-0.4, -0.2) is 37.8 Å². The smallest absolute Gasteiger partial charge is 0.293 e. The van der Waals surface area contributed by atoms with Gasteiger partial charge in [0.25, 0.3) is 11.4 Å². The lowest BCUT2D eigenvalue weighted by Crippen LogP contribution is -2.25. The topological polar surface area (TPSA) is 101 Å². The Morgan fingerprint density at radius 2 is 2.07 bits per heavy atom. The van der Waals surface area contributed by atoms with E-state index < -0.39 is 0 Å². The van der Waals surface area contributed by atoms with Crippen LogP contribution in [0.1, 0.15) is 5.76 Å². The van der Waals surface area contributed by atoms with Crippen LogP contribution in [0.3, 0.4) is 0 Å². The Morgan fingerprint density at radius 3 is 2.83 bits per heavy atom. The maximum atomic E-state index is 13.4. The Balaban J connectivity index is 1.74. The number of halogens is 1. The molecule has 0 radical (unpaired) electrons. The molecule has 0 aliphatic carbocycles. The van der Waals surface area contributed by atoms with Crippen LogP contribution in [0.15, 0.2) is 50.4 Å². The minimum Gasteiger partial charge on any atom is -0.456 e. The van der Waals surface area contributed by atoms with Crippen LogP contribution >= 0.6 is 11.6 Å². The fourth-order valence-corrected chi connectivity index (χ4v) is 3.59. The third kappa shape index (κ3) is 2.90. The number of imidazole rings is 1. The first-order valence-electron chi connectivity index (χ1n) is 9.16. The summed E-state index contributed by atoms with van der Waals surface area (Å²) in [5.74, 6) is 1.59. The zero-order valence-electron chi connectivity index (χ0n) is 16.1. The third-order valence-electron chi connectivity index (χ3n) is 4.81. The van der Waals surface area contributed by atoms with Gasteiger partial charge in [0, 0.05) is 18.7 Å². The number of rotatable bonds is 5. The number of aryl methyl sites for hydroxylation is 1. The monoisotopic (exact) mass is 425 g/mol. The molecule has 5 aromatic rings. The van der Waals surface area contributed by atoms with E-state index in [9.17, 15) is 4.79 Å². The van der Waals surface area contributed by atoms with Crippen LogP contribution < -0.4 is 5.56 Å². The van der Waals surface area contributed by atoms with Gasteiger partial charge in [-0.15, -0.1) is 0 Å². The summed E-state index contributed by atoms with van der Waals surface area (Å²) in [4.78, 5) is 22.2. The molecule has 0 unspecified atom stereocenters. The molecular weight excluding hydrogens is 410 g/mol. The summed E-state index contributed by atoms with van der Waals surface area (Å²) in [6, 6.07) is 8.90. The average Bonchev–Trinajstić information content (AvgIpc) is 3.46. The SMILES string of the molecule is COCCn1c(=O)c2c(-c3noc(-c4ccc(C)o4)n3)ncn2c2ccc(Cl)cc21. The Labute approximate surface area is 174 Å². The van der Waals surface area contributed by atoms with E-state index in [0.717, 1.165) is 11.3 Å². The highest BCUT2D eigenvalue weighted by Gasteiger charge is 2.22. The molecule has 0 atom stereocenters. The van der Waals surface area contributed by atoms with Gasteiger partial charge in [-0.2, -0.15) is 4.98 Å². The molecule has 0 aliphatic rings. The number of methoxy groups -OCH3 is 1. The summed E-state index contributed by atoms with van der Waals surface area (Å²) in [6.45, 7) is 2.55. The van der Waals surface area contributed by atoms with E-state index in [0.29, 0.717) is 40.7 Å². The second-order valence-electron chi connectivity index (χ2n) is 6.73. The Morgan fingerprint density at radius 1 is 1.20 bits per heavy atom. The van der Waals surface area contributed by atoms with Crippen LogP contribution in [0.2, 0.25) is 5.02 Å². The molecule has 0 fully saturated rings. The molecule has 1 aromatic carbocycles. The average molecular weight is 426 g/mol. The van der Waals surface area contributed by atoms with Crippen molar-refractivity contribution in [1.29, 1.82) is 0 Å². The predicted molar refractivity (Wildman–Crippen MR) is 110 cm³/mol. The summed E-state index contributed by atoms with van der Waals surface area (Å²) in [5.41, 5.74) is 1.86. The second-order valence-corrected chi connectivity index (χ2v) is 7.16. The summed E-state index contributed by atoms with van der Waals surface area (Å²) in [6.07, 6.45) is 1.57. The largest absolute Gasteiger partial charge is 0.456 e. The molecule has 0 N–H and O–H groups in total. The van der Waals surface area contributed by atoms with Gasteiger partial charge in [0.05, 0.1) is 17.6 Å². The van der Waals surface area contributed by atoms with Crippen molar-refractivity contribution in [2.75, 3.05) is 13.7 Å². The van der Waals surface area contributed by atoms with Gasteiger partial charge in [0.2, 0.25) is 5.82 Å². The number of aromatic nitrogens is 5. The van der Waals surface area contributed by atoms with Crippen molar-refractivity contribution in [2.24, 2.45) is 0 Å². The highest BCUT2D eigenvalue weighted by atomic mass is 35.5. The van der Waals surface area contributed by atoms with Crippen molar-refractivity contribution in [3.63, 3.8) is 0 Å². The highest BCUT2D eigenvalue weighted by Crippen LogP contribution is 2.27. The normalized spacial score (nSPS) is 11.7. The summed E-state index contributed by atoms with van der Waals surface area (Å²) >= 11 is 6.18. The van der Waals surface area contributed by atoms with E-state index in [1.807, 2.05) is 13.0 Å². The van der Waals surface area contributed by atoms with Crippen molar-refractivity contribution >= 4 is 28.2 Å². The number of furan rings is 1. The molecule has 0 aliphatic heterocycles. The Bertz CT molecular complexity index is 1440. The van der Waals surface area contributed by atoms with Gasteiger partial charge in [0.1, 0.15) is 23.3 Å². The second kappa shape index (κ2) is 7.12. The molecular formula is C20H16ClN5O4. The highest BCUT2D eigenvalue weighted by molar-refractivity contribution is 6.31. The zero-order valence-corrected chi connectivity index (χ0v) is 16.9. The van der Waals surface area contributed by atoms with Crippen LogP contribution in [0.25, 0.3) is 39.7 Å². The van der Waals surface area contributed by atoms with E-state index in [1.54, 1.807) is 46.7 Å². The first-order valence-corrected chi connectivity index (χ1v) is 9.53. The van der Waals surface area contributed by atoms with E-state index in [1.165, 1.54) is 0 Å². The van der Waals surface area contributed by atoms with Crippen molar-refractivity contribution in [2.45, 2.75) is 13.5 Å². The fraction of sp³-hybridized carbons (Fsp3) is 0.200. The molecule has 0 saturated carbocycles. The maximum absolute atomic E-state index is 13.4. The first-order chi connectivity index (χ1) is 14.6. The molecule has 4 aromatic heterocycles. The lowest BCUT2D eigenvalue weighted by Gasteiger charge is -2.12. The minimum absolute atomic E-state index is 0.199. The number of hydrogen-bond acceptors (Lipinski definition) is 7. The van der Waals surface area contributed by atoms with Crippen LogP contribution in [0.5, 0.6) is 0 Å². The zero-order chi connectivity index (χ0) is 20.8. The van der Waals surface area contributed by atoms with E-state index in [-0.39, 0.29) is 17.3 Å². The summed E-state index contributed by atoms with van der Waals surface area (Å²) in [7, 11) is 1.58. The predicted octanol–water partition coefficient (Wildman–Crippen LogP) is 3.57. The number of nitrogens with zero attached hydrogens (tertiary/aromatic N) is 5. The molecule has 0 spiro atoms. The van der Waals surface area contributed by atoms with Crippen LogP contribution in [0.4, 0.5) is 0 Å². The third-order valence-corrected chi connectivity index (χ3v) is 5.05. The molecule has 10 heteroatoms. The van der Waals surface area contributed by atoms with Gasteiger partial charge < -0.3 is 18.2 Å². The van der Waals surface area contributed by atoms with Crippen LogP contribution in [0, 0.1) is 6.92 Å². The van der Waals surface area contributed by atoms with Crippen molar-refractivity contribution in [3.8, 4) is 23.2 Å². The standard InChI is InChI=1S/C20H16ClN5O4/c1-11-3-6-15(29-11)19-23-18(24-30-19)16-17-20(27)25(7-8-28-2)14-9-12(21)4-5-13(14)26(17)10-22-16/h3-6,9-10H,7-8H2,1-2H3. The number of ether oxygens (including phenoxy) is 1. The molecule has 30 heavy (non-hydrogen) atoms. The Hall–Kier alpha value is -3.43. The van der Waals surface area contributed by atoms with Gasteiger partial charge >= 0.3 is 0 Å². The van der Waals surface area contributed by atoms with Crippen molar-refractivity contribution in [3.05, 3.63) is 57.8 Å². The number of hydrogen-bond donors (Lipinski definition) is 0. The molecule has 0 amide bonds. The van der Waals surface area contributed by atoms with Crippen molar-refractivity contribution in [1.82, 2.24) is 24.1 Å². The molecule has 152 valence electrons. The van der Waals surface area contributed by atoms with E-state index in [2.05, 4.69) is 15.1 Å². The van der Waals surface area contributed by atoms with Gasteiger partial charge in [-0.1, -0.05) is 16.8 Å². The number of benzene rings is 1. The maximum Gasteiger partial charge on any atom is 0.293 e. The quantitative estimate of drug-likeness (QED) is 0.424. The van der Waals surface area contributed by atoms with Gasteiger partial charge in [-0.25, -0.2) is 4.98 Å². The molecule has 0 bridgehead atoms. The lowest BCUT2D eigenvalue weighted by atomic mass is 10.2. The number of fused-ring (bicyclic) bond motifs is 3. The minimum atomic E-state index is -0.255. The molecule has 0 saturated heterocycles. The van der Waals surface area contributed by atoms with Gasteiger partial charge in [0.15, 0.2) is 5.76 Å². The summed E-state index contributed by atoms with van der Waals surface area (Å²) < 4.78 is 19.4. The van der Waals surface area contributed by atoms with E-state index >= 15 is 0 Å². The molecule has 5 rings (SSSR count). The van der Waals surface area contributed by atoms with Crippen molar-refractivity contribution < 1.29 is 13.7 Å². The van der Waals surface area contributed by atoms with Gasteiger partial charge in [-0.3, -0.25) is 9.20 Å². The first kappa shape index (κ1) is 18.6. The van der Waals surface area contributed by atoms with E-state index in [4.69, 9.17) is 25.3 Å². The van der Waals surface area contributed by atoms with Crippen LogP contribution in [-0.2, 0) is 11.3 Å². The Kier molecular flexibility index (Phi) is 4.41. The fourth-order valence-electron chi connectivity index (χ4n) is 3.43. The molecule has 9 nitrogen and oxygen atoms in total.